The van der Waals surface area contributed by atoms with E-state index in [2.05, 4.69) is 205 Å². The number of nitrogens with zero attached hydrogens (tertiary/aromatic N) is 3. The van der Waals surface area contributed by atoms with E-state index in [0.717, 1.165) is 87.4 Å². The molecule has 0 fully saturated rings. The highest BCUT2D eigenvalue weighted by Crippen LogP contribution is 2.44. The summed E-state index contributed by atoms with van der Waals surface area (Å²) in [6.45, 7) is 0. The summed E-state index contributed by atoms with van der Waals surface area (Å²) in [5.41, 5.74) is 13.3. The Balaban J connectivity index is 1.02. The van der Waals surface area contributed by atoms with Gasteiger partial charge in [-0.1, -0.05) is 158 Å². The van der Waals surface area contributed by atoms with Gasteiger partial charge in [0.25, 0.3) is 0 Å². The fourth-order valence-electron chi connectivity index (χ4n) is 9.33. The lowest BCUT2D eigenvalue weighted by Gasteiger charge is -2.29. The van der Waals surface area contributed by atoms with Gasteiger partial charge in [0.15, 0.2) is 5.84 Å². The fourth-order valence-corrected chi connectivity index (χ4v) is 9.33. The van der Waals surface area contributed by atoms with E-state index < -0.39 is 0 Å². The number of allylic oxidation sites excluding steroid dienone is 5. The average molecular weight is 774 g/mol. The van der Waals surface area contributed by atoms with Gasteiger partial charge in [-0.05, 0) is 88.9 Å². The number of furan rings is 1. The van der Waals surface area contributed by atoms with E-state index in [0.29, 0.717) is 0 Å². The number of hydrogen-bond donors (Lipinski definition) is 0. The molecule has 60 heavy (non-hydrogen) atoms. The average Bonchev–Trinajstić information content (AvgIpc) is 3.71. The van der Waals surface area contributed by atoms with Crippen molar-refractivity contribution in [1.29, 1.82) is 0 Å². The van der Waals surface area contributed by atoms with Crippen LogP contribution in [0.4, 0.5) is 17.1 Å². The van der Waals surface area contributed by atoms with Crippen LogP contribution in [0, 0.1) is 5.92 Å². The molecule has 0 N–H and O–H groups in total. The first kappa shape index (κ1) is 35.8. The van der Waals surface area contributed by atoms with Gasteiger partial charge in [0.05, 0.1) is 17.4 Å². The minimum absolute atomic E-state index is 0.0693. The molecule has 11 rings (SSSR count). The van der Waals surface area contributed by atoms with E-state index in [4.69, 9.17) is 14.4 Å². The second-order valence-corrected chi connectivity index (χ2v) is 15.9. The predicted molar refractivity (Wildman–Crippen MR) is 252 cm³/mol. The van der Waals surface area contributed by atoms with Gasteiger partial charge in [-0.25, -0.2) is 4.99 Å². The molecule has 7 aromatic carbocycles. The van der Waals surface area contributed by atoms with Crippen LogP contribution in [0.25, 0.3) is 43.9 Å². The first-order chi connectivity index (χ1) is 29.7. The van der Waals surface area contributed by atoms with Crippen molar-refractivity contribution in [3.63, 3.8) is 0 Å². The Morgan fingerprint density at radius 3 is 2.18 bits per heavy atom. The molecule has 0 radical (unpaired) electrons. The van der Waals surface area contributed by atoms with E-state index in [-0.39, 0.29) is 12.0 Å². The van der Waals surface area contributed by atoms with Crippen LogP contribution in [0.2, 0.25) is 0 Å². The van der Waals surface area contributed by atoms with E-state index in [9.17, 15) is 0 Å². The highest BCUT2D eigenvalue weighted by molar-refractivity contribution is 6.20. The van der Waals surface area contributed by atoms with Crippen molar-refractivity contribution in [2.45, 2.75) is 31.7 Å². The second-order valence-electron chi connectivity index (χ2n) is 15.9. The van der Waals surface area contributed by atoms with Crippen molar-refractivity contribution in [2.24, 2.45) is 15.9 Å². The number of fused-ring (bicyclic) bond motifs is 4. The Labute approximate surface area is 350 Å². The molecule has 0 spiro atoms. The van der Waals surface area contributed by atoms with E-state index in [1.54, 1.807) is 0 Å². The summed E-state index contributed by atoms with van der Waals surface area (Å²) >= 11 is 0. The molecule has 2 unspecified atom stereocenters. The maximum atomic E-state index is 6.79. The first-order valence-electron chi connectivity index (χ1n) is 21.1. The zero-order valence-electron chi connectivity index (χ0n) is 33.3. The molecule has 4 nitrogen and oxygen atoms in total. The molecule has 288 valence electrons. The summed E-state index contributed by atoms with van der Waals surface area (Å²) < 4.78 is 6.79. The number of rotatable bonds is 8. The quantitative estimate of drug-likeness (QED) is 0.154. The number of benzene rings is 7. The minimum atomic E-state index is 0.0693. The first-order valence-corrected chi connectivity index (χ1v) is 21.1. The number of amidine groups is 1. The van der Waals surface area contributed by atoms with E-state index in [1.165, 1.54) is 33.0 Å². The molecule has 1 aromatic heterocycles. The molecule has 3 aliphatic rings. The zero-order valence-corrected chi connectivity index (χ0v) is 33.3. The number of anilines is 3. The summed E-state index contributed by atoms with van der Waals surface area (Å²) in [6.07, 6.45) is 15.2. The third kappa shape index (κ3) is 6.60. The third-order valence-corrected chi connectivity index (χ3v) is 12.3. The van der Waals surface area contributed by atoms with Gasteiger partial charge in [-0.3, -0.25) is 4.99 Å². The van der Waals surface area contributed by atoms with Crippen LogP contribution in [-0.2, 0) is 0 Å². The minimum Gasteiger partial charge on any atom is -0.456 e. The maximum Gasteiger partial charge on any atom is 0.155 e. The Kier molecular flexibility index (Phi) is 9.24. The van der Waals surface area contributed by atoms with E-state index in [1.807, 2.05) is 0 Å². The largest absolute Gasteiger partial charge is 0.456 e. The second kappa shape index (κ2) is 15.5. The van der Waals surface area contributed by atoms with E-state index >= 15 is 0 Å². The van der Waals surface area contributed by atoms with Gasteiger partial charge in [0, 0.05) is 51.5 Å². The fraction of sp³-hybridized carbons (Fsp3) is 0.107. The smallest absolute Gasteiger partial charge is 0.155 e. The third-order valence-electron chi connectivity index (χ3n) is 12.3. The molecule has 2 aliphatic carbocycles. The summed E-state index contributed by atoms with van der Waals surface area (Å²) in [7, 11) is 0. The normalized spacial score (nSPS) is 17.8. The van der Waals surface area contributed by atoms with Crippen molar-refractivity contribution in [3.8, 4) is 0 Å². The molecule has 4 heteroatoms. The van der Waals surface area contributed by atoms with Gasteiger partial charge in [0.1, 0.15) is 11.2 Å². The van der Waals surface area contributed by atoms with Gasteiger partial charge in [-0.15, -0.1) is 0 Å². The Morgan fingerprint density at radius 1 is 0.617 bits per heavy atom. The number of para-hydroxylation sites is 1. The van der Waals surface area contributed by atoms with Crippen molar-refractivity contribution in [2.75, 3.05) is 4.90 Å². The highest BCUT2D eigenvalue weighted by atomic mass is 16.3. The van der Waals surface area contributed by atoms with Gasteiger partial charge in [0.2, 0.25) is 0 Å². The van der Waals surface area contributed by atoms with Crippen molar-refractivity contribution in [3.05, 3.63) is 223 Å². The SMILES string of the molecule is C1=CC(C2=NC(C3C=CC(c4ccccc4)=CC3)CC(c3ccccc3)=N2)=C(c2cccc3oc4cc(N(c5ccccc5)c5cccc6ccccc56)ccc4c23)CC1. The molecule has 1 aliphatic heterocycles. The monoisotopic (exact) mass is 773 g/mol. The number of aliphatic imine (C=N–C) groups is 2. The summed E-state index contributed by atoms with van der Waals surface area (Å²) in [4.78, 5) is 13.3. The lowest BCUT2D eigenvalue weighted by atomic mass is 9.84. The summed E-state index contributed by atoms with van der Waals surface area (Å²) in [5.74, 6) is 1.10. The van der Waals surface area contributed by atoms with Crippen LogP contribution >= 0.6 is 0 Å². The van der Waals surface area contributed by atoms with Crippen molar-refractivity contribution in [1.82, 2.24) is 0 Å². The Hall–Kier alpha value is -7.30. The molecular weight excluding hydrogens is 731 g/mol. The maximum absolute atomic E-state index is 6.79. The zero-order chi connectivity index (χ0) is 39.8. The van der Waals surface area contributed by atoms with Gasteiger partial charge >= 0.3 is 0 Å². The topological polar surface area (TPSA) is 41.1 Å². The van der Waals surface area contributed by atoms with Gasteiger partial charge < -0.3 is 9.32 Å². The molecule has 0 saturated heterocycles. The van der Waals surface area contributed by atoms with Crippen molar-refractivity contribution < 1.29 is 4.42 Å². The standard InChI is InChI=1S/C56H43N3O/c1-4-16-38(17-5-1)39-30-32-42(33-31-39)51-37-50(41-19-6-2-7-20-41)57-56(58-51)48-26-13-12-25-46(48)47-27-15-29-53-55(47)49-35-34-44(36-54(49)60-53)59(43-22-8-3-9-23-43)52-28-14-21-40-18-10-11-24-45(40)52/h1-11,13-24,26-32,34-36,42,51H,12,25,33,37H2. The van der Waals surface area contributed by atoms with Crippen LogP contribution in [0.5, 0.6) is 0 Å². The molecule has 0 saturated carbocycles. The molecule has 2 heterocycles. The van der Waals surface area contributed by atoms with Gasteiger partial charge in [-0.2, -0.15) is 0 Å². The van der Waals surface area contributed by atoms with Crippen LogP contribution in [0.1, 0.15) is 42.4 Å². The molecule has 0 amide bonds. The number of hydrogen-bond acceptors (Lipinski definition) is 4. The van der Waals surface area contributed by atoms with Crippen LogP contribution in [0.3, 0.4) is 0 Å². The summed E-state index contributed by atoms with van der Waals surface area (Å²) in [5, 5.41) is 4.63. The van der Waals surface area contributed by atoms with Crippen LogP contribution < -0.4 is 4.90 Å². The lowest BCUT2D eigenvalue weighted by molar-refractivity contribution is 0.515. The molecule has 2 atom stereocenters. The van der Waals surface area contributed by atoms with Crippen LogP contribution in [-0.4, -0.2) is 17.6 Å². The lowest BCUT2D eigenvalue weighted by Crippen LogP contribution is -2.28. The van der Waals surface area contributed by atoms with Crippen molar-refractivity contribution >= 4 is 72.5 Å². The summed E-state index contributed by atoms with van der Waals surface area (Å²) in [6, 6.07) is 60.2. The predicted octanol–water partition coefficient (Wildman–Crippen LogP) is 14.6. The Bertz CT molecular complexity index is 3090. The van der Waals surface area contributed by atoms with Crippen LogP contribution in [0.15, 0.2) is 220 Å². The highest BCUT2D eigenvalue weighted by Gasteiger charge is 2.29. The Morgan fingerprint density at radius 2 is 1.37 bits per heavy atom. The molecular formula is C56H43N3O. The molecule has 0 bridgehead atoms. The molecule has 8 aromatic rings.